The number of primary amides is 1. The average Bonchev–Trinajstić information content (AvgIpc) is 2.73. The first-order valence-corrected chi connectivity index (χ1v) is 7.57. The van der Waals surface area contributed by atoms with Crippen LogP contribution < -0.4 is 5.73 Å². The zero-order valence-corrected chi connectivity index (χ0v) is 12.7. The van der Waals surface area contributed by atoms with Crippen LogP contribution in [-0.4, -0.2) is 20.7 Å². The summed E-state index contributed by atoms with van der Waals surface area (Å²) >= 11 is 6.07. The van der Waals surface area contributed by atoms with Crippen LogP contribution in [0.25, 0.3) is 0 Å². The number of nitrogens with two attached hydrogens (primary N) is 1. The van der Waals surface area contributed by atoms with Gasteiger partial charge in [-0.25, -0.2) is 14.1 Å². The lowest BCUT2D eigenvalue weighted by Crippen LogP contribution is -2.17. The van der Waals surface area contributed by atoms with Gasteiger partial charge in [0.2, 0.25) is 5.91 Å². The van der Waals surface area contributed by atoms with E-state index in [1.165, 1.54) is 6.07 Å². The fourth-order valence-corrected chi connectivity index (χ4v) is 2.77. The smallest absolute Gasteiger partial charge is 0.225 e. The Labute approximate surface area is 132 Å². The van der Waals surface area contributed by atoms with E-state index in [4.69, 9.17) is 17.3 Å². The van der Waals surface area contributed by atoms with Crippen LogP contribution in [0.15, 0.2) is 18.2 Å². The maximum atomic E-state index is 14.0. The normalized spacial score (nSPS) is 14.8. The molecule has 116 valence electrons. The summed E-state index contributed by atoms with van der Waals surface area (Å²) in [6, 6.07) is 4.57. The summed E-state index contributed by atoms with van der Waals surface area (Å²) in [5, 5.41) is 4.66. The first kappa shape index (κ1) is 15.0. The Bertz CT molecular complexity index is 691. The van der Waals surface area contributed by atoms with Crippen molar-refractivity contribution in [3.05, 3.63) is 46.3 Å². The molecule has 1 fully saturated rings. The number of aromatic nitrogens is 3. The average molecular weight is 323 g/mol. The lowest BCUT2D eigenvalue weighted by molar-refractivity contribution is -0.117. The number of hydrogen-bond acceptors (Lipinski definition) is 3. The molecule has 1 aromatic heterocycles. The van der Waals surface area contributed by atoms with Gasteiger partial charge >= 0.3 is 0 Å². The molecule has 0 unspecified atom stereocenters. The molecule has 22 heavy (non-hydrogen) atoms. The third-order valence-corrected chi connectivity index (χ3v) is 4.27. The molecular weight excluding hydrogens is 307 g/mol. The van der Waals surface area contributed by atoms with Crippen LogP contribution in [0.4, 0.5) is 4.39 Å². The summed E-state index contributed by atoms with van der Waals surface area (Å²) in [6.07, 6.45) is 3.18. The molecule has 1 amide bonds. The highest BCUT2D eigenvalue weighted by atomic mass is 35.5. The van der Waals surface area contributed by atoms with Crippen molar-refractivity contribution in [2.75, 3.05) is 0 Å². The minimum absolute atomic E-state index is 0.0161. The summed E-state index contributed by atoms with van der Waals surface area (Å²) in [5.74, 6) is 0.601. The standard InChI is InChI=1S/C15H16ClFN4O/c16-11-5-2-6-12(17)10(11)8-21-15(9-3-1-4-9)19-14(20-21)7-13(18)22/h2,5-6,9H,1,3-4,7-8H2,(H2,18,22). The topological polar surface area (TPSA) is 73.8 Å². The van der Waals surface area contributed by atoms with Gasteiger partial charge in [0.15, 0.2) is 5.82 Å². The van der Waals surface area contributed by atoms with E-state index in [2.05, 4.69) is 10.1 Å². The summed E-state index contributed by atoms with van der Waals surface area (Å²) in [4.78, 5) is 15.5. The Balaban J connectivity index is 1.94. The van der Waals surface area contributed by atoms with Gasteiger partial charge in [-0.15, -0.1) is 0 Å². The van der Waals surface area contributed by atoms with E-state index >= 15 is 0 Å². The number of carbonyl (C=O) groups is 1. The van der Waals surface area contributed by atoms with E-state index < -0.39 is 5.91 Å². The quantitative estimate of drug-likeness (QED) is 0.918. The van der Waals surface area contributed by atoms with Crippen LogP contribution in [0.3, 0.4) is 0 Å². The van der Waals surface area contributed by atoms with E-state index in [1.54, 1.807) is 16.8 Å². The molecule has 0 atom stereocenters. The Morgan fingerprint density at radius 3 is 2.82 bits per heavy atom. The Morgan fingerprint density at radius 1 is 1.45 bits per heavy atom. The number of carbonyl (C=O) groups excluding carboxylic acids is 1. The van der Waals surface area contributed by atoms with Crippen LogP contribution in [0.5, 0.6) is 0 Å². The SMILES string of the molecule is NC(=O)Cc1nc(C2CCC2)n(Cc2c(F)cccc2Cl)n1. The molecule has 7 heteroatoms. The number of rotatable bonds is 5. The molecular formula is C15H16ClFN4O. The van der Waals surface area contributed by atoms with Crippen molar-refractivity contribution < 1.29 is 9.18 Å². The van der Waals surface area contributed by atoms with E-state index in [1.807, 2.05) is 0 Å². The van der Waals surface area contributed by atoms with Crippen LogP contribution in [0.2, 0.25) is 5.02 Å². The monoisotopic (exact) mass is 322 g/mol. The molecule has 1 aliphatic rings. The molecule has 3 rings (SSSR count). The minimum atomic E-state index is -0.485. The zero-order valence-electron chi connectivity index (χ0n) is 11.9. The first-order chi connectivity index (χ1) is 10.5. The van der Waals surface area contributed by atoms with E-state index in [0.717, 1.165) is 25.1 Å². The lowest BCUT2D eigenvalue weighted by Gasteiger charge is -2.24. The number of halogens is 2. The maximum absolute atomic E-state index is 14.0. The van der Waals surface area contributed by atoms with E-state index in [9.17, 15) is 9.18 Å². The third kappa shape index (κ3) is 2.97. The fraction of sp³-hybridized carbons (Fsp3) is 0.400. The molecule has 2 aromatic rings. The molecule has 0 aliphatic heterocycles. The lowest BCUT2D eigenvalue weighted by atomic mass is 9.85. The van der Waals surface area contributed by atoms with Crippen molar-refractivity contribution in [1.82, 2.24) is 14.8 Å². The zero-order chi connectivity index (χ0) is 15.7. The molecule has 0 saturated heterocycles. The van der Waals surface area contributed by atoms with Gasteiger partial charge in [-0.2, -0.15) is 5.10 Å². The van der Waals surface area contributed by atoms with Crippen molar-refractivity contribution in [1.29, 1.82) is 0 Å². The minimum Gasteiger partial charge on any atom is -0.369 e. The van der Waals surface area contributed by atoms with Gasteiger partial charge in [0.05, 0.1) is 13.0 Å². The molecule has 0 bridgehead atoms. The highest BCUT2D eigenvalue weighted by Gasteiger charge is 2.27. The summed E-state index contributed by atoms with van der Waals surface area (Å²) < 4.78 is 15.6. The van der Waals surface area contributed by atoms with Crippen molar-refractivity contribution in [3.63, 3.8) is 0 Å². The predicted octanol–water partition coefficient (Wildman–Crippen LogP) is 2.41. The maximum Gasteiger partial charge on any atom is 0.225 e. The molecule has 5 nitrogen and oxygen atoms in total. The summed E-state index contributed by atoms with van der Waals surface area (Å²) in [7, 11) is 0. The molecule has 1 aromatic carbocycles. The summed E-state index contributed by atoms with van der Waals surface area (Å²) in [5.41, 5.74) is 5.57. The second-order valence-electron chi connectivity index (χ2n) is 5.52. The van der Waals surface area contributed by atoms with Crippen molar-refractivity contribution >= 4 is 17.5 Å². The van der Waals surface area contributed by atoms with Crippen LogP contribution in [0, 0.1) is 5.82 Å². The van der Waals surface area contributed by atoms with Crippen LogP contribution >= 0.6 is 11.6 Å². The molecule has 1 saturated carbocycles. The number of nitrogens with zero attached hydrogens (tertiary/aromatic N) is 3. The largest absolute Gasteiger partial charge is 0.369 e. The van der Waals surface area contributed by atoms with Gasteiger partial charge in [-0.1, -0.05) is 24.1 Å². The highest BCUT2D eigenvalue weighted by molar-refractivity contribution is 6.31. The fourth-order valence-electron chi connectivity index (χ4n) is 2.55. The van der Waals surface area contributed by atoms with Gasteiger partial charge in [0.25, 0.3) is 0 Å². The van der Waals surface area contributed by atoms with Crippen molar-refractivity contribution in [3.8, 4) is 0 Å². The van der Waals surface area contributed by atoms with Crippen molar-refractivity contribution in [2.24, 2.45) is 5.73 Å². The van der Waals surface area contributed by atoms with Crippen molar-refractivity contribution in [2.45, 2.75) is 38.1 Å². The van der Waals surface area contributed by atoms with Gasteiger partial charge in [-0.3, -0.25) is 4.79 Å². The Morgan fingerprint density at radius 2 is 2.23 bits per heavy atom. The molecule has 1 heterocycles. The molecule has 2 N–H and O–H groups in total. The Hall–Kier alpha value is -1.95. The van der Waals surface area contributed by atoms with E-state index in [0.29, 0.717) is 22.3 Å². The second-order valence-corrected chi connectivity index (χ2v) is 5.92. The molecule has 1 aliphatic carbocycles. The van der Waals surface area contributed by atoms with E-state index in [-0.39, 0.29) is 18.8 Å². The second kappa shape index (κ2) is 6.04. The molecule has 0 spiro atoms. The van der Waals surface area contributed by atoms with Gasteiger partial charge < -0.3 is 5.73 Å². The third-order valence-electron chi connectivity index (χ3n) is 3.92. The number of hydrogen-bond donors (Lipinski definition) is 1. The first-order valence-electron chi connectivity index (χ1n) is 7.19. The van der Waals surface area contributed by atoms with Crippen LogP contribution in [0.1, 0.15) is 42.4 Å². The van der Waals surface area contributed by atoms with Crippen LogP contribution in [-0.2, 0) is 17.8 Å². The number of benzene rings is 1. The molecule has 0 radical (unpaired) electrons. The predicted molar refractivity (Wildman–Crippen MR) is 80.0 cm³/mol. The van der Waals surface area contributed by atoms with Gasteiger partial charge in [0.1, 0.15) is 11.6 Å². The van der Waals surface area contributed by atoms with Gasteiger partial charge in [0, 0.05) is 16.5 Å². The highest BCUT2D eigenvalue weighted by Crippen LogP contribution is 2.35. The Kier molecular flexibility index (Phi) is 4.11. The van der Waals surface area contributed by atoms with Gasteiger partial charge in [-0.05, 0) is 25.0 Å². The number of amides is 1. The summed E-state index contributed by atoms with van der Waals surface area (Å²) in [6.45, 7) is 0.198.